The van der Waals surface area contributed by atoms with Gasteiger partial charge in [-0.05, 0) is 59.7 Å². The number of nitrogens with zero attached hydrogens (tertiary/aromatic N) is 1. The highest BCUT2D eigenvalue weighted by Gasteiger charge is 2.11. The summed E-state index contributed by atoms with van der Waals surface area (Å²) in [5, 5.41) is 5.31. The molecule has 0 bridgehead atoms. The molecule has 1 N–H and O–H groups in total. The Morgan fingerprint density at radius 2 is 1.63 bits per heavy atom. The van der Waals surface area contributed by atoms with Crippen LogP contribution in [-0.2, 0) is 4.79 Å². The molecule has 30 heavy (non-hydrogen) atoms. The molecule has 0 saturated heterocycles. The number of hydrogen-bond acceptors (Lipinski definition) is 4. The molecule has 3 aromatic carbocycles. The van der Waals surface area contributed by atoms with Crippen LogP contribution in [0.5, 0.6) is 17.4 Å². The summed E-state index contributed by atoms with van der Waals surface area (Å²) in [5.41, 5.74) is 1.05. The van der Waals surface area contributed by atoms with Crippen LogP contribution in [0.1, 0.15) is 18.5 Å². The molecular weight excluding hydrogens is 376 g/mol. The number of amides is 1. The van der Waals surface area contributed by atoms with E-state index in [1.54, 1.807) is 36.5 Å². The molecule has 0 saturated carbocycles. The zero-order valence-corrected chi connectivity index (χ0v) is 16.6. The Bertz CT molecular complexity index is 1130. The second kappa shape index (κ2) is 9.09. The van der Waals surface area contributed by atoms with Gasteiger partial charge in [0, 0.05) is 12.3 Å². The van der Waals surface area contributed by atoms with Crippen LogP contribution in [0.15, 0.2) is 91.1 Å². The number of nitrogens with one attached hydrogen (secondary N) is 1. The van der Waals surface area contributed by atoms with Gasteiger partial charge in [0.2, 0.25) is 5.88 Å². The lowest BCUT2D eigenvalue weighted by atomic mass is 10.0. The SMILES string of the molecule is CC(NC(=O)COc1ccc(Oc2ccccn2)cc1)c1ccc2ccccc2c1. The monoisotopic (exact) mass is 398 g/mol. The van der Waals surface area contributed by atoms with Gasteiger partial charge in [0.25, 0.3) is 5.91 Å². The lowest BCUT2D eigenvalue weighted by Gasteiger charge is -2.15. The number of rotatable bonds is 7. The molecule has 0 aliphatic carbocycles. The fraction of sp³-hybridized carbons (Fsp3) is 0.120. The first-order valence-electron chi connectivity index (χ1n) is 9.77. The van der Waals surface area contributed by atoms with Gasteiger partial charge in [-0.25, -0.2) is 4.98 Å². The first kappa shape index (κ1) is 19.5. The lowest BCUT2D eigenvalue weighted by molar-refractivity contribution is -0.123. The van der Waals surface area contributed by atoms with Gasteiger partial charge in [-0.1, -0.05) is 42.5 Å². The van der Waals surface area contributed by atoms with E-state index in [1.165, 1.54) is 5.39 Å². The fourth-order valence-corrected chi connectivity index (χ4v) is 3.12. The molecule has 0 spiro atoms. The van der Waals surface area contributed by atoms with E-state index in [4.69, 9.17) is 9.47 Å². The summed E-state index contributed by atoms with van der Waals surface area (Å²) in [6.45, 7) is 1.91. The van der Waals surface area contributed by atoms with Gasteiger partial charge in [0.15, 0.2) is 6.61 Å². The average Bonchev–Trinajstić information content (AvgIpc) is 2.79. The van der Waals surface area contributed by atoms with Crippen molar-refractivity contribution in [1.29, 1.82) is 0 Å². The Morgan fingerprint density at radius 1 is 0.900 bits per heavy atom. The van der Waals surface area contributed by atoms with Crippen LogP contribution in [0.3, 0.4) is 0 Å². The second-order valence-corrected chi connectivity index (χ2v) is 6.93. The number of aromatic nitrogens is 1. The topological polar surface area (TPSA) is 60.5 Å². The maximum atomic E-state index is 12.3. The van der Waals surface area contributed by atoms with Crippen LogP contribution >= 0.6 is 0 Å². The van der Waals surface area contributed by atoms with Crippen molar-refractivity contribution in [3.63, 3.8) is 0 Å². The average molecular weight is 398 g/mol. The minimum Gasteiger partial charge on any atom is -0.484 e. The highest BCUT2D eigenvalue weighted by atomic mass is 16.5. The molecule has 1 unspecified atom stereocenters. The van der Waals surface area contributed by atoms with Gasteiger partial charge in [-0.2, -0.15) is 0 Å². The number of fused-ring (bicyclic) bond motifs is 1. The number of hydrogen-bond donors (Lipinski definition) is 1. The van der Waals surface area contributed by atoms with Crippen molar-refractivity contribution in [3.8, 4) is 17.4 Å². The minimum atomic E-state index is -0.176. The first-order chi connectivity index (χ1) is 14.7. The zero-order chi connectivity index (χ0) is 20.8. The molecule has 5 heteroatoms. The Hall–Kier alpha value is -3.86. The van der Waals surface area contributed by atoms with Crippen molar-refractivity contribution in [2.75, 3.05) is 6.61 Å². The van der Waals surface area contributed by atoms with E-state index >= 15 is 0 Å². The summed E-state index contributed by atoms with van der Waals surface area (Å²) in [6.07, 6.45) is 1.67. The molecule has 0 radical (unpaired) electrons. The molecule has 4 aromatic rings. The summed E-state index contributed by atoms with van der Waals surface area (Å²) >= 11 is 0. The molecule has 1 aromatic heterocycles. The molecule has 4 rings (SSSR count). The molecule has 1 amide bonds. The smallest absolute Gasteiger partial charge is 0.258 e. The third kappa shape index (κ3) is 4.94. The van der Waals surface area contributed by atoms with Crippen molar-refractivity contribution in [3.05, 3.63) is 96.7 Å². The lowest BCUT2D eigenvalue weighted by Crippen LogP contribution is -2.31. The normalized spacial score (nSPS) is 11.6. The standard InChI is InChI=1S/C25H22N2O3/c1-18(20-10-9-19-6-2-3-7-21(19)16-20)27-24(28)17-29-22-11-13-23(14-12-22)30-25-8-4-5-15-26-25/h2-16,18H,17H2,1H3,(H,27,28). The largest absolute Gasteiger partial charge is 0.484 e. The van der Waals surface area contributed by atoms with E-state index in [1.807, 2.05) is 37.3 Å². The van der Waals surface area contributed by atoms with Crippen LogP contribution < -0.4 is 14.8 Å². The Kier molecular flexibility index (Phi) is 5.90. The van der Waals surface area contributed by atoms with Crippen LogP contribution in [-0.4, -0.2) is 17.5 Å². The predicted octanol–water partition coefficient (Wildman–Crippen LogP) is 5.28. The molecule has 0 fully saturated rings. The van der Waals surface area contributed by atoms with Gasteiger partial charge < -0.3 is 14.8 Å². The number of carbonyl (C=O) groups excluding carboxylic acids is 1. The molecule has 1 heterocycles. The quantitative estimate of drug-likeness (QED) is 0.460. The summed E-state index contributed by atoms with van der Waals surface area (Å²) in [7, 11) is 0. The van der Waals surface area contributed by atoms with E-state index < -0.39 is 0 Å². The molecule has 150 valence electrons. The number of benzene rings is 3. The molecule has 1 atom stereocenters. The minimum absolute atomic E-state index is 0.0572. The van der Waals surface area contributed by atoms with Gasteiger partial charge >= 0.3 is 0 Å². The molecule has 0 aliphatic rings. The predicted molar refractivity (Wildman–Crippen MR) is 117 cm³/mol. The Labute approximate surface area is 175 Å². The summed E-state index contributed by atoms with van der Waals surface area (Å²) < 4.78 is 11.2. The molecule has 0 aliphatic heterocycles. The van der Waals surface area contributed by atoms with Crippen molar-refractivity contribution in [2.45, 2.75) is 13.0 Å². The Balaban J connectivity index is 1.29. The van der Waals surface area contributed by atoms with Crippen molar-refractivity contribution in [1.82, 2.24) is 10.3 Å². The van der Waals surface area contributed by atoms with Gasteiger partial charge in [0.05, 0.1) is 6.04 Å². The van der Waals surface area contributed by atoms with Crippen molar-refractivity contribution in [2.24, 2.45) is 0 Å². The highest BCUT2D eigenvalue weighted by Crippen LogP contribution is 2.23. The first-order valence-corrected chi connectivity index (χ1v) is 9.77. The third-order valence-electron chi connectivity index (χ3n) is 4.70. The summed E-state index contributed by atoms with van der Waals surface area (Å²) in [5.74, 6) is 1.59. The van der Waals surface area contributed by atoms with Crippen LogP contribution in [0.2, 0.25) is 0 Å². The maximum Gasteiger partial charge on any atom is 0.258 e. The van der Waals surface area contributed by atoms with Crippen LogP contribution in [0, 0.1) is 0 Å². The molecule has 5 nitrogen and oxygen atoms in total. The fourth-order valence-electron chi connectivity index (χ4n) is 3.12. The van der Waals surface area contributed by atoms with Gasteiger partial charge in [-0.15, -0.1) is 0 Å². The number of pyridine rings is 1. The third-order valence-corrected chi connectivity index (χ3v) is 4.70. The Morgan fingerprint density at radius 3 is 2.40 bits per heavy atom. The van der Waals surface area contributed by atoms with Crippen LogP contribution in [0.25, 0.3) is 10.8 Å². The second-order valence-electron chi connectivity index (χ2n) is 6.93. The number of ether oxygens (including phenoxy) is 2. The van der Waals surface area contributed by atoms with Crippen LogP contribution in [0.4, 0.5) is 0 Å². The maximum absolute atomic E-state index is 12.3. The van der Waals surface area contributed by atoms with E-state index in [9.17, 15) is 4.79 Å². The van der Waals surface area contributed by atoms with E-state index in [0.717, 1.165) is 10.9 Å². The van der Waals surface area contributed by atoms with Gasteiger partial charge in [0.1, 0.15) is 11.5 Å². The summed E-state index contributed by atoms with van der Waals surface area (Å²) in [6, 6.07) is 26.8. The van der Waals surface area contributed by atoms with Crippen molar-refractivity contribution >= 4 is 16.7 Å². The summed E-state index contributed by atoms with van der Waals surface area (Å²) in [4.78, 5) is 16.4. The zero-order valence-electron chi connectivity index (χ0n) is 16.6. The van der Waals surface area contributed by atoms with E-state index in [-0.39, 0.29) is 18.6 Å². The van der Waals surface area contributed by atoms with E-state index in [2.05, 4.69) is 34.6 Å². The van der Waals surface area contributed by atoms with E-state index in [0.29, 0.717) is 17.4 Å². The molecular formula is C25H22N2O3. The number of carbonyl (C=O) groups is 1. The highest BCUT2D eigenvalue weighted by molar-refractivity contribution is 5.83. The van der Waals surface area contributed by atoms with Crippen molar-refractivity contribution < 1.29 is 14.3 Å². The van der Waals surface area contributed by atoms with Gasteiger partial charge in [-0.3, -0.25) is 4.79 Å².